The monoisotopic (exact) mass is 217 g/mol. The Labute approximate surface area is 82.2 Å². The number of rotatable bonds is 2. The van der Waals surface area contributed by atoms with Crippen LogP contribution in [0.3, 0.4) is 0 Å². The summed E-state index contributed by atoms with van der Waals surface area (Å²) < 4.78 is 1.90. The van der Waals surface area contributed by atoms with Gasteiger partial charge in [-0.15, -0.1) is 11.3 Å². The average Bonchev–Trinajstić information content (AvgIpc) is 2.63. The fraction of sp³-hybridized carbons (Fsp3) is 0. The van der Waals surface area contributed by atoms with Gasteiger partial charge in [0.2, 0.25) is 0 Å². The quantitative estimate of drug-likeness (QED) is 0.841. The molecule has 0 radical (unpaired) electrons. The van der Waals surface area contributed by atoms with Gasteiger partial charge in [-0.2, -0.15) is 5.10 Å². The Morgan fingerprint density at radius 2 is 2.42 bits per heavy atom. The number of nitrogens with one attached hydrogen (secondary N) is 1. The Kier molecular flexibility index (Phi) is 2.34. The highest BCUT2D eigenvalue weighted by atomic mass is 35.5. The Morgan fingerprint density at radius 3 is 3.00 bits per heavy atom. The Bertz CT molecular complexity index is 357. The predicted molar refractivity (Wildman–Crippen MR) is 49.8 cm³/mol. The summed E-state index contributed by atoms with van der Waals surface area (Å²) in [6, 6.07) is 3.82. The molecule has 2 heterocycles. The van der Waals surface area contributed by atoms with E-state index in [1.165, 1.54) is 29.4 Å². The van der Waals surface area contributed by atoms with Gasteiger partial charge in [0, 0.05) is 0 Å². The summed E-state index contributed by atoms with van der Waals surface area (Å²) in [4.78, 5) is 3.98. The van der Waals surface area contributed by atoms with Crippen molar-refractivity contribution >= 4 is 34.7 Å². The second-order valence-corrected chi connectivity index (χ2v) is 4.96. The van der Waals surface area contributed by atoms with E-state index >= 15 is 0 Å². The highest BCUT2D eigenvalue weighted by Gasteiger charge is 2.01. The van der Waals surface area contributed by atoms with Crippen molar-refractivity contribution in [3.05, 3.63) is 22.8 Å². The van der Waals surface area contributed by atoms with Gasteiger partial charge in [0.05, 0.1) is 8.55 Å². The fourth-order valence-electron chi connectivity index (χ4n) is 0.691. The Morgan fingerprint density at radius 1 is 1.50 bits per heavy atom. The van der Waals surface area contributed by atoms with E-state index in [9.17, 15) is 0 Å². The van der Waals surface area contributed by atoms with Gasteiger partial charge in [-0.25, -0.2) is 4.98 Å². The number of hydrogen-bond donors (Lipinski definition) is 1. The zero-order valence-electron chi connectivity index (χ0n) is 5.82. The molecule has 1 N–H and O–H groups in total. The molecule has 0 aliphatic heterocycles. The lowest BCUT2D eigenvalue weighted by molar-refractivity contribution is 0.974. The predicted octanol–water partition coefficient (Wildman–Crippen LogP) is 2.67. The van der Waals surface area contributed by atoms with Crippen LogP contribution >= 0.6 is 34.7 Å². The van der Waals surface area contributed by atoms with Crippen LogP contribution in [0.5, 0.6) is 0 Å². The third-order valence-electron chi connectivity index (χ3n) is 1.14. The van der Waals surface area contributed by atoms with Crippen LogP contribution in [0.15, 0.2) is 27.8 Å². The molecule has 2 aromatic heterocycles. The van der Waals surface area contributed by atoms with E-state index in [2.05, 4.69) is 15.2 Å². The van der Waals surface area contributed by atoms with Crippen molar-refractivity contribution in [1.82, 2.24) is 15.2 Å². The van der Waals surface area contributed by atoms with Crippen LogP contribution < -0.4 is 0 Å². The molecule has 0 saturated heterocycles. The Balaban J connectivity index is 2.14. The van der Waals surface area contributed by atoms with Gasteiger partial charge in [0.15, 0.2) is 5.16 Å². The number of thiophene rings is 1. The molecule has 12 heavy (non-hydrogen) atoms. The van der Waals surface area contributed by atoms with E-state index in [1.54, 1.807) is 0 Å². The van der Waals surface area contributed by atoms with Crippen LogP contribution in [0.4, 0.5) is 0 Å². The molecule has 0 fully saturated rings. The molecular weight excluding hydrogens is 214 g/mol. The molecule has 62 valence electrons. The minimum atomic E-state index is 0.786. The molecule has 0 unspecified atom stereocenters. The minimum Gasteiger partial charge on any atom is -0.254 e. The van der Waals surface area contributed by atoms with Gasteiger partial charge in [-0.1, -0.05) is 11.6 Å². The molecule has 0 aliphatic carbocycles. The van der Waals surface area contributed by atoms with E-state index in [-0.39, 0.29) is 0 Å². The van der Waals surface area contributed by atoms with Gasteiger partial charge in [-0.05, 0) is 23.9 Å². The van der Waals surface area contributed by atoms with Crippen molar-refractivity contribution in [2.75, 3.05) is 0 Å². The lowest BCUT2D eigenvalue weighted by Gasteiger charge is -1.88. The third kappa shape index (κ3) is 1.80. The van der Waals surface area contributed by atoms with Crippen molar-refractivity contribution < 1.29 is 0 Å². The molecule has 2 aromatic rings. The van der Waals surface area contributed by atoms with E-state index in [0.29, 0.717) is 0 Å². The summed E-state index contributed by atoms with van der Waals surface area (Å²) in [5.74, 6) is 0. The van der Waals surface area contributed by atoms with E-state index in [4.69, 9.17) is 11.6 Å². The van der Waals surface area contributed by atoms with E-state index < -0.39 is 0 Å². The molecule has 0 bridgehead atoms. The summed E-state index contributed by atoms with van der Waals surface area (Å²) >= 11 is 8.81. The molecule has 0 amide bonds. The number of aromatic nitrogens is 3. The number of halogens is 1. The number of aromatic amines is 1. The minimum absolute atomic E-state index is 0.786. The van der Waals surface area contributed by atoms with Crippen molar-refractivity contribution in [1.29, 1.82) is 0 Å². The summed E-state index contributed by atoms with van der Waals surface area (Å²) in [6.45, 7) is 0. The van der Waals surface area contributed by atoms with E-state index in [1.807, 2.05) is 12.1 Å². The van der Waals surface area contributed by atoms with Gasteiger partial charge in [0.1, 0.15) is 6.33 Å². The first-order valence-electron chi connectivity index (χ1n) is 3.13. The average molecular weight is 218 g/mol. The summed E-state index contributed by atoms with van der Waals surface area (Å²) in [6.07, 6.45) is 1.48. The third-order valence-corrected chi connectivity index (χ3v) is 3.39. The van der Waals surface area contributed by atoms with Crippen LogP contribution in [0.1, 0.15) is 0 Å². The van der Waals surface area contributed by atoms with Crippen molar-refractivity contribution in [3.8, 4) is 0 Å². The molecule has 6 heteroatoms. The maximum atomic E-state index is 5.76. The smallest absolute Gasteiger partial charge is 0.189 e. The largest absolute Gasteiger partial charge is 0.254 e. The van der Waals surface area contributed by atoms with Crippen molar-refractivity contribution in [2.45, 2.75) is 9.37 Å². The maximum Gasteiger partial charge on any atom is 0.189 e. The first-order valence-corrected chi connectivity index (χ1v) is 5.14. The Hall–Kier alpha value is -0.520. The SMILES string of the molecule is Clc1ccc(Sc2ncn[nH]2)s1. The van der Waals surface area contributed by atoms with Gasteiger partial charge < -0.3 is 0 Å². The van der Waals surface area contributed by atoms with E-state index in [0.717, 1.165) is 13.7 Å². The van der Waals surface area contributed by atoms with Gasteiger partial charge >= 0.3 is 0 Å². The van der Waals surface area contributed by atoms with Crippen LogP contribution in [0, 0.1) is 0 Å². The maximum absolute atomic E-state index is 5.76. The first-order chi connectivity index (χ1) is 5.84. The first kappa shape index (κ1) is 8.10. The number of nitrogens with zero attached hydrogens (tertiary/aromatic N) is 2. The zero-order valence-corrected chi connectivity index (χ0v) is 8.21. The van der Waals surface area contributed by atoms with Crippen molar-refractivity contribution in [3.63, 3.8) is 0 Å². The summed E-state index contributed by atoms with van der Waals surface area (Å²) in [5.41, 5.74) is 0. The fourth-order valence-corrected chi connectivity index (χ4v) is 2.80. The standard InChI is InChI=1S/C6H4ClN3S2/c7-4-1-2-5(11-4)12-6-8-3-9-10-6/h1-3H,(H,8,9,10). The van der Waals surface area contributed by atoms with Crippen LogP contribution in [0.2, 0.25) is 4.34 Å². The highest BCUT2D eigenvalue weighted by Crippen LogP contribution is 2.33. The second kappa shape index (κ2) is 3.47. The topological polar surface area (TPSA) is 41.6 Å². The number of hydrogen-bond acceptors (Lipinski definition) is 4. The molecule has 0 atom stereocenters. The summed E-state index contributed by atoms with van der Waals surface area (Å²) in [5, 5.41) is 7.29. The van der Waals surface area contributed by atoms with Crippen LogP contribution in [-0.4, -0.2) is 15.2 Å². The normalized spacial score (nSPS) is 10.4. The van der Waals surface area contributed by atoms with Gasteiger partial charge in [0.25, 0.3) is 0 Å². The molecule has 0 spiro atoms. The molecule has 0 aliphatic rings. The number of H-pyrrole nitrogens is 1. The van der Waals surface area contributed by atoms with Gasteiger partial charge in [-0.3, -0.25) is 5.10 Å². The summed E-state index contributed by atoms with van der Waals surface area (Å²) in [7, 11) is 0. The second-order valence-electron chi connectivity index (χ2n) is 1.95. The molecule has 3 nitrogen and oxygen atoms in total. The van der Waals surface area contributed by atoms with Crippen LogP contribution in [-0.2, 0) is 0 Å². The molecular formula is C6H4ClN3S2. The van der Waals surface area contributed by atoms with Crippen LogP contribution in [0.25, 0.3) is 0 Å². The molecule has 0 saturated carbocycles. The molecule has 0 aromatic carbocycles. The highest BCUT2D eigenvalue weighted by molar-refractivity contribution is 8.01. The molecule has 2 rings (SSSR count). The lowest BCUT2D eigenvalue weighted by atomic mass is 10.7. The lowest BCUT2D eigenvalue weighted by Crippen LogP contribution is -1.71. The van der Waals surface area contributed by atoms with Crippen molar-refractivity contribution in [2.24, 2.45) is 0 Å². The zero-order chi connectivity index (χ0) is 8.39.